The summed E-state index contributed by atoms with van der Waals surface area (Å²) in [6.45, 7) is 7.67. The number of hydrogen-bond acceptors (Lipinski definition) is 5. The minimum atomic E-state index is 0.000702. The second-order valence-electron chi connectivity index (χ2n) is 6.62. The van der Waals surface area contributed by atoms with Gasteiger partial charge in [-0.3, -0.25) is 4.79 Å². The van der Waals surface area contributed by atoms with Gasteiger partial charge in [0.25, 0.3) is 0 Å². The van der Waals surface area contributed by atoms with Crippen molar-refractivity contribution >= 4 is 17.7 Å². The third-order valence-corrected chi connectivity index (χ3v) is 5.52. The molecule has 1 aliphatic heterocycles. The van der Waals surface area contributed by atoms with Crippen molar-refractivity contribution in [2.45, 2.75) is 57.5 Å². The highest BCUT2D eigenvalue weighted by Crippen LogP contribution is 2.24. The molecular weight excluding hydrogens is 348 g/mol. The molecule has 1 aromatic carbocycles. The SMILES string of the molecule is CCn1c(SCC(=O)NC(C)C2CCCO2)nnc1-c1cccc(C)c1. The average Bonchev–Trinajstić information content (AvgIpc) is 3.29. The summed E-state index contributed by atoms with van der Waals surface area (Å²) in [6, 6.07) is 8.25. The van der Waals surface area contributed by atoms with Crippen molar-refractivity contribution in [2.24, 2.45) is 0 Å². The number of thioether (sulfide) groups is 1. The van der Waals surface area contributed by atoms with E-state index in [1.807, 2.05) is 19.1 Å². The molecule has 7 heteroatoms. The second kappa shape index (κ2) is 8.68. The van der Waals surface area contributed by atoms with Crippen molar-refractivity contribution in [3.05, 3.63) is 29.8 Å². The van der Waals surface area contributed by atoms with Gasteiger partial charge in [-0.05, 0) is 39.7 Å². The van der Waals surface area contributed by atoms with Crippen LogP contribution in [0.2, 0.25) is 0 Å². The minimum absolute atomic E-state index is 0.000702. The number of carbonyl (C=O) groups is 1. The summed E-state index contributed by atoms with van der Waals surface area (Å²) < 4.78 is 7.68. The molecule has 0 bridgehead atoms. The van der Waals surface area contributed by atoms with Crippen LogP contribution in [-0.2, 0) is 16.1 Å². The van der Waals surface area contributed by atoms with Crippen LogP contribution in [0.1, 0.15) is 32.3 Å². The Morgan fingerprint density at radius 3 is 3.00 bits per heavy atom. The van der Waals surface area contributed by atoms with Crippen molar-refractivity contribution in [1.29, 1.82) is 0 Å². The van der Waals surface area contributed by atoms with Gasteiger partial charge in [0.2, 0.25) is 5.91 Å². The normalized spacial score (nSPS) is 18.0. The summed E-state index contributed by atoms with van der Waals surface area (Å²) in [4.78, 5) is 12.3. The smallest absolute Gasteiger partial charge is 0.230 e. The number of hydrogen-bond donors (Lipinski definition) is 1. The Hall–Kier alpha value is -1.86. The molecule has 1 saturated heterocycles. The number of benzene rings is 1. The lowest BCUT2D eigenvalue weighted by Crippen LogP contribution is -2.41. The standard InChI is InChI=1S/C19H26N4O2S/c1-4-23-18(15-8-5-7-13(2)11-15)21-22-19(23)26-12-17(24)20-14(3)16-9-6-10-25-16/h5,7-8,11,14,16H,4,6,9-10,12H2,1-3H3,(H,20,24). The van der Waals surface area contributed by atoms with Crippen LogP contribution in [0.5, 0.6) is 0 Å². The summed E-state index contributed by atoms with van der Waals surface area (Å²) >= 11 is 1.42. The first-order chi connectivity index (χ1) is 12.6. The van der Waals surface area contributed by atoms with E-state index < -0.39 is 0 Å². The van der Waals surface area contributed by atoms with Gasteiger partial charge >= 0.3 is 0 Å². The van der Waals surface area contributed by atoms with E-state index >= 15 is 0 Å². The monoisotopic (exact) mass is 374 g/mol. The molecule has 140 valence electrons. The number of aryl methyl sites for hydroxylation is 1. The van der Waals surface area contributed by atoms with Crippen molar-refractivity contribution in [3.8, 4) is 11.4 Å². The molecular formula is C19H26N4O2S. The molecule has 26 heavy (non-hydrogen) atoms. The van der Waals surface area contributed by atoms with Crippen molar-refractivity contribution in [3.63, 3.8) is 0 Å². The largest absolute Gasteiger partial charge is 0.376 e. The third kappa shape index (κ3) is 4.45. The number of amides is 1. The molecule has 2 aromatic rings. The van der Waals surface area contributed by atoms with Crippen LogP contribution in [-0.4, -0.2) is 45.2 Å². The lowest BCUT2D eigenvalue weighted by atomic mass is 10.1. The van der Waals surface area contributed by atoms with Gasteiger partial charge in [-0.2, -0.15) is 0 Å². The highest BCUT2D eigenvalue weighted by molar-refractivity contribution is 7.99. The number of rotatable bonds is 7. The highest BCUT2D eigenvalue weighted by atomic mass is 32.2. The van der Waals surface area contributed by atoms with Gasteiger partial charge in [0.05, 0.1) is 17.9 Å². The summed E-state index contributed by atoms with van der Waals surface area (Å²) in [6.07, 6.45) is 2.22. The van der Waals surface area contributed by atoms with Crippen molar-refractivity contribution in [1.82, 2.24) is 20.1 Å². The first-order valence-corrected chi connectivity index (χ1v) is 10.1. The van der Waals surface area contributed by atoms with Gasteiger partial charge < -0.3 is 14.6 Å². The Kier molecular flexibility index (Phi) is 6.32. The van der Waals surface area contributed by atoms with E-state index in [-0.39, 0.29) is 18.1 Å². The van der Waals surface area contributed by atoms with Gasteiger partial charge in [0.1, 0.15) is 0 Å². The van der Waals surface area contributed by atoms with Crippen LogP contribution >= 0.6 is 11.8 Å². The Bertz CT molecular complexity index is 756. The summed E-state index contributed by atoms with van der Waals surface area (Å²) in [7, 11) is 0. The van der Waals surface area contributed by atoms with Gasteiger partial charge in [-0.25, -0.2) is 0 Å². The first-order valence-electron chi connectivity index (χ1n) is 9.12. The molecule has 1 N–H and O–H groups in total. The molecule has 0 aliphatic carbocycles. The molecule has 1 aliphatic rings. The number of carbonyl (C=O) groups excluding carboxylic acids is 1. The molecule has 2 atom stereocenters. The first kappa shape index (κ1) is 18.9. The van der Waals surface area contributed by atoms with Crippen molar-refractivity contribution in [2.75, 3.05) is 12.4 Å². The highest BCUT2D eigenvalue weighted by Gasteiger charge is 2.24. The van der Waals surface area contributed by atoms with Crippen LogP contribution in [0, 0.1) is 6.92 Å². The Balaban J connectivity index is 1.62. The second-order valence-corrected chi connectivity index (χ2v) is 7.56. The van der Waals surface area contributed by atoms with Crippen LogP contribution in [0.4, 0.5) is 0 Å². The maximum absolute atomic E-state index is 12.3. The van der Waals surface area contributed by atoms with E-state index in [0.29, 0.717) is 5.75 Å². The number of nitrogens with zero attached hydrogens (tertiary/aromatic N) is 3. The number of ether oxygens (including phenoxy) is 1. The van der Waals surface area contributed by atoms with E-state index in [4.69, 9.17) is 4.74 Å². The number of nitrogens with one attached hydrogen (secondary N) is 1. The molecule has 2 heterocycles. The quantitative estimate of drug-likeness (QED) is 0.755. The molecule has 1 fully saturated rings. The predicted octanol–water partition coefficient (Wildman–Crippen LogP) is 3.05. The fraction of sp³-hybridized carbons (Fsp3) is 0.526. The Labute approximate surface area is 158 Å². The molecule has 0 spiro atoms. The van der Waals surface area contributed by atoms with Gasteiger partial charge in [0.15, 0.2) is 11.0 Å². The maximum Gasteiger partial charge on any atom is 0.230 e. The van der Waals surface area contributed by atoms with Crippen LogP contribution in [0.3, 0.4) is 0 Å². The van der Waals surface area contributed by atoms with Crippen molar-refractivity contribution < 1.29 is 9.53 Å². The van der Waals surface area contributed by atoms with Crippen LogP contribution in [0.15, 0.2) is 29.4 Å². The predicted molar refractivity (Wildman–Crippen MR) is 103 cm³/mol. The zero-order valence-corrected chi connectivity index (χ0v) is 16.4. The molecule has 0 radical (unpaired) electrons. The number of aromatic nitrogens is 3. The molecule has 3 rings (SSSR count). The lowest BCUT2D eigenvalue weighted by molar-refractivity contribution is -0.120. The maximum atomic E-state index is 12.3. The molecule has 6 nitrogen and oxygen atoms in total. The molecule has 1 aromatic heterocycles. The van der Waals surface area contributed by atoms with Gasteiger partial charge in [0, 0.05) is 18.7 Å². The molecule has 1 amide bonds. The van der Waals surface area contributed by atoms with E-state index in [2.05, 4.69) is 46.1 Å². The van der Waals surface area contributed by atoms with Gasteiger partial charge in [-0.1, -0.05) is 35.5 Å². The van der Waals surface area contributed by atoms with Crippen LogP contribution < -0.4 is 5.32 Å². The summed E-state index contributed by atoms with van der Waals surface area (Å²) in [5, 5.41) is 12.4. The molecule has 2 unspecified atom stereocenters. The third-order valence-electron chi connectivity index (χ3n) is 4.55. The Morgan fingerprint density at radius 1 is 1.46 bits per heavy atom. The van der Waals surface area contributed by atoms with Gasteiger partial charge in [-0.15, -0.1) is 10.2 Å². The lowest BCUT2D eigenvalue weighted by Gasteiger charge is -2.19. The van der Waals surface area contributed by atoms with E-state index in [9.17, 15) is 4.79 Å². The van der Waals surface area contributed by atoms with E-state index in [0.717, 1.165) is 42.5 Å². The van der Waals surface area contributed by atoms with E-state index in [1.54, 1.807) is 0 Å². The molecule has 0 saturated carbocycles. The zero-order chi connectivity index (χ0) is 18.5. The zero-order valence-electron chi connectivity index (χ0n) is 15.6. The topological polar surface area (TPSA) is 69.0 Å². The summed E-state index contributed by atoms with van der Waals surface area (Å²) in [5.41, 5.74) is 2.23. The van der Waals surface area contributed by atoms with Crippen LogP contribution in [0.25, 0.3) is 11.4 Å². The minimum Gasteiger partial charge on any atom is -0.376 e. The Morgan fingerprint density at radius 2 is 2.31 bits per heavy atom. The fourth-order valence-corrected chi connectivity index (χ4v) is 4.01. The summed E-state index contributed by atoms with van der Waals surface area (Å²) in [5.74, 6) is 1.16. The average molecular weight is 375 g/mol. The fourth-order valence-electron chi connectivity index (χ4n) is 3.19. The van der Waals surface area contributed by atoms with E-state index in [1.165, 1.54) is 17.3 Å².